The van der Waals surface area contributed by atoms with Gasteiger partial charge in [-0.15, -0.1) is 0 Å². The molecule has 13 heavy (non-hydrogen) atoms. The van der Waals surface area contributed by atoms with E-state index in [1.165, 1.54) is 0 Å². The molecule has 1 aliphatic heterocycles. The Balaban J connectivity index is 2.76. The largest absolute Gasteiger partial charge is 0.479 e. The van der Waals surface area contributed by atoms with E-state index in [-0.39, 0.29) is 0 Å². The van der Waals surface area contributed by atoms with Gasteiger partial charge in [0.2, 0.25) is 0 Å². The van der Waals surface area contributed by atoms with Crippen LogP contribution in [0, 0.1) is 0 Å². The van der Waals surface area contributed by atoms with Gasteiger partial charge in [0.1, 0.15) is 12.2 Å². The van der Waals surface area contributed by atoms with Crippen molar-refractivity contribution >= 4 is 5.97 Å². The van der Waals surface area contributed by atoms with Crippen LogP contribution in [0.3, 0.4) is 0 Å². The van der Waals surface area contributed by atoms with Crippen molar-refractivity contribution in [1.82, 2.24) is 0 Å². The van der Waals surface area contributed by atoms with Crippen LogP contribution in [0.15, 0.2) is 0 Å². The van der Waals surface area contributed by atoms with Crippen molar-refractivity contribution in [2.24, 2.45) is 5.73 Å². The number of carboxylic acids is 1. The quantitative estimate of drug-likeness (QED) is 0.296. The highest BCUT2D eigenvalue weighted by atomic mass is 16.6. The Hall–Kier alpha value is -0.730. The van der Waals surface area contributed by atoms with Gasteiger partial charge in [0.05, 0.1) is 6.04 Å². The molecule has 0 aromatic rings. The maximum absolute atomic E-state index is 10.4. The third-order valence-electron chi connectivity index (χ3n) is 1.91. The van der Waals surface area contributed by atoms with Crippen molar-refractivity contribution in [2.45, 2.75) is 30.6 Å². The van der Waals surface area contributed by atoms with Gasteiger partial charge in [0.15, 0.2) is 12.4 Å². The Labute approximate surface area is 73.4 Å². The standard InChI is InChI=1S/C6H11NO6/c7-1-2(8)3(9)4(5(10)11)13-6(1)12/h1-4,6,8-9,12H,7H2,(H,10,11)/t1-,2-,3-,4-,6?/m1/s1. The topological polar surface area (TPSA) is 133 Å². The molecule has 7 nitrogen and oxygen atoms in total. The molecule has 1 saturated heterocycles. The first-order valence-electron chi connectivity index (χ1n) is 3.63. The Kier molecular flexibility index (Phi) is 2.84. The first kappa shape index (κ1) is 10.4. The van der Waals surface area contributed by atoms with Crippen molar-refractivity contribution < 1.29 is 30.0 Å². The van der Waals surface area contributed by atoms with Gasteiger partial charge in [-0.3, -0.25) is 0 Å². The lowest BCUT2D eigenvalue weighted by Gasteiger charge is -2.36. The van der Waals surface area contributed by atoms with Gasteiger partial charge in [0.25, 0.3) is 0 Å². The summed E-state index contributed by atoms with van der Waals surface area (Å²) in [7, 11) is 0. The predicted octanol–water partition coefficient (Wildman–Crippen LogP) is -3.16. The van der Waals surface area contributed by atoms with Gasteiger partial charge < -0.3 is 30.9 Å². The molecular formula is C6H11NO6. The fourth-order valence-electron chi connectivity index (χ4n) is 1.10. The van der Waals surface area contributed by atoms with Crippen molar-refractivity contribution in [3.63, 3.8) is 0 Å². The van der Waals surface area contributed by atoms with Gasteiger partial charge in [-0.1, -0.05) is 0 Å². The number of hydrogen-bond acceptors (Lipinski definition) is 6. The van der Waals surface area contributed by atoms with E-state index in [2.05, 4.69) is 4.74 Å². The van der Waals surface area contributed by atoms with Gasteiger partial charge in [-0.2, -0.15) is 0 Å². The molecule has 76 valence electrons. The highest BCUT2D eigenvalue weighted by Gasteiger charge is 2.45. The Bertz CT molecular complexity index is 209. The number of nitrogens with two attached hydrogens (primary N) is 1. The second-order valence-corrected chi connectivity index (χ2v) is 2.84. The van der Waals surface area contributed by atoms with Crippen LogP contribution in [0.4, 0.5) is 0 Å². The summed E-state index contributed by atoms with van der Waals surface area (Å²) in [5.74, 6) is -1.46. The minimum Gasteiger partial charge on any atom is -0.479 e. The summed E-state index contributed by atoms with van der Waals surface area (Å²) in [5, 5.41) is 35.8. The Morgan fingerprint density at radius 1 is 1.23 bits per heavy atom. The van der Waals surface area contributed by atoms with Gasteiger partial charge >= 0.3 is 5.97 Å². The van der Waals surface area contributed by atoms with Crippen LogP contribution < -0.4 is 5.73 Å². The van der Waals surface area contributed by atoms with Crippen molar-refractivity contribution in [2.75, 3.05) is 0 Å². The van der Waals surface area contributed by atoms with Crippen LogP contribution >= 0.6 is 0 Å². The van der Waals surface area contributed by atoms with Crippen LogP contribution in [0.5, 0.6) is 0 Å². The molecule has 1 unspecified atom stereocenters. The highest BCUT2D eigenvalue weighted by Crippen LogP contribution is 2.18. The molecule has 0 amide bonds. The number of aliphatic hydroxyl groups excluding tert-OH is 3. The minimum atomic E-state index is -1.65. The van der Waals surface area contributed by atoms with E-state index in [0.29, 0.717) is 0 Å². The summed E-state index contributed by atoms with van der Waals surface area (Å²) in [5.41, 5.74) is 5.20. The number of ether oxygens (including phenoxy) is 1. The predicted molar refractivity (Wildman–Crippen MR) is 38.5 cm³/mol. The molecule has 1 aliphatic rings. The smallest absolute Gasteiger partial charge is 0.335 e. The molecule has 6 N–H and O–H groups in total. The highest BCUT2D eigenvalue weighted by molar-refractivity contribution is 5.73. The summed E-state index contributed by atoms with van der Waals surface area (Å²) in [4.78, 5) is 10.4. The van der Waals surface area contributed by atoms with Crippen molar-refractivity contribution in [3.8, 4) is 0 Å². The SMILES string of the molecule is N[C@H]1C(O)O[C@@H](C(=O)O)[C@H](O)[C@@H]1O. The lowest BCUT2D eigenvalue weighted by Crippen LogP contribution is -2.62. The molecule has 0 bridgehead atoms. The summed E-state index contributed by atoms with van der Waals surface area (Å²) >= 11 is 0. The summed E-state index contributed by atoms with van der Waals surface area (Å²) < 4.78 is 4.46. The molecule has 1 rings (SSSR count). The number of rotatable bonds is 1. The molecule has 5 atom stereocenters. The summed E-state index contributed by atoms with van der Waals surface area (Å²) in [6.45, 7) is 0. The second kappa shape index (κ2) is 3.56. The van der Waals surface area contributed by atoms with Crippen LogP contribution in [0.1, 0.15) is 0 Å². The zero-order valence-corrected chi connectivity index (χ0v) is 6.57. The lowest BCUT2D eigenvalue weighted by molar-refractivity contribution is -0.244. The van der Waals surface area contributed by atoms with Crippen LogP contribution in [0.2, 0.25) is 0 Å². The molecular weight excluding hydrogens is 182 g/mol. The molecule has 0 aromatic heterocycles. The Morgan fingerprint density at radius 2 is 1.77 bits per heavy atom. The average Bonchev–Trinajstić information content (AvgIpc) is 2.07. The number of carboxylic acid groups (broad SMARTS) is 1. The number of aliphatic carboxylic acids is 1. The van der Waals surface area contributed by atoms with E-state index >= 15 is 0 Å². The fourth-order valence-corrected chi connectivity index (χ4v) is 1.10. The maximum Gasteiger partial charge on any atom is 0.335 e. The minimum absolute atomic E-state index is 1.20. The van der Waals surface area contributed by atoms with E-state index in [1.54, 1.807) is 0 Å². The fraction of sp³-hybridized carbons (Fsp3) is 0.833. The molecule has 7 heteroatoms. The first-order valence-corrected chi connectivity index (χ1v) is 3.63. The molecule has 0 saturated carbocycles. The zero-order valence-electron chi connectivity index (χ0n) is 6.57. The van der Waals surface area contributed by atoms with E-state index in [0.717, 1.165) is 0 Å². The number of aliphatic hydroxyl groups is 3. The third kappa shape index (κ3) is 1.79. The number of hydrogen-bond donors (Lipinski definition) is 5. The maximum atomic E-state index is 10.4. The monoisotopic (exact) mass is 193 g/mol. The second-order valence-electron chi connectivity index (χ2n) is 2.84. The van der Waals surface area contributed by atoms with E-state index < -0.39 is 36.6 Å². The van der Waals surface area contributed by atoms with Gasteiger partial charge in [0, 0.05) is 0 Å². The molecule has 1 heterocycles. The van der Waals surface area contributed by atoms with Gasteiger partial charge in [-0.05, 0) is 0 Å². The molecule has 0 aromatic carbocycles. The summed E-state index contributed by atoms with van der Waals surface area (Å²) in [6, 6.07) is -1.20. The normalized spacial score (nSPS) is 46.0. The number of carbonyl (C=O) groups is 1. The molecule has 0 aliphatic carbocycles. The molecule has 1 fully saturated rings. The lowest BCUT2D eigenvalue weighted by atomic mass is 9.98. The first-order chi connectivity index (χ1) is 5.95. The Morgan fingerprint density at radius 3 is 2.23 bits per heavy atom. The summed E-state index contributed by atoms with van der Waals surface area (Å²) in [6.07, 6.45) is -6.37. The average molecular weight is 193 g/mol. The zero-order chi connectivity index (χ0) is 10.2. The van der Waals surface area contributed by atoms with Crippen LogP contribution in [0.25, 0.3) is 0 Å². The van der Waals surface area contributed by atoms with E-state index in [1.807, 2.05) is 0 Å². The van der Waals surface area contributed by atoms with Crippen molar-refractivity contribution in [3.05, 3.63) is 0 Å². The van der Waals surface area contributed by atoms with Crippen LogP contribution in [-0.4, -0.2) is 57.0 Å². The molecule has 0 radical (unpaired) electrons. The van der Waals surface area contributed by atoms with E-state index in [4.69, 9.17) is 26.2 Å². The van der Waals surface area contributed by atoms with Crippen molar-refractivity contribution in [1.29, 1.82) is 0 Å². The van der Waals surface area contributed by atoms with Gasteiger partial charge in [-0.25, -0.2) is 4.79 Å². The molecule has 0 spiro atoms. The van der Waals surface area contributed by atoms with Crippen LogP contribution in [-0.2, 0) is 9.53 Å². The third-order valence-corrected chi connectivity index (χ3v) is 1.91. The van der Waals surface area contributed by atoms with E-state index in [9.17, 15) is 4.79 Å².